The van der Waals surface area contributed by atoms with E-state index in [2.05, 4.69) is 4.74 Å². The predicted octanol–water partition coefficient (Wildman–Crippen LogP) is -0.0376. The normalized spacial score (nSPS) is 8.10. The van der Waals surface area contributed by atoms with Crippen molar-refractivity contribution >= 4 is 5.97 Å². The van der Waals surface area contributed by atoms with Gasteiger partial charge in [0.1, 0.15) is 6.54 Å². The Kier molecular flexibility index (Phi) is 4.05. The maximum absolute atomic E-state index is 10.6. The summed E-state index contributed by atoms with van der Waals surface area (Å²) in [7, 11) is 1.52. The summed E-state index contributed by atoms with van der Waals surface area (Å²) in [5.41, 5.74) is 0. The summed E-state index contributed by atoms with van der Waals surface area (Å²) in [4.78, 5) is 11.8. The van der Waals surface area contributed by atoms with Crippen molar-refractivity contribution in [3.63, 3.8) is 0 Å². The molecule has 56 valence electrons. The van der Waals surface area contributed by atoms with Crippen LogP contribution >= 0.6 is 0 Å². The summed E-state index contributed by atoms with van der Waals surface area (Å²) in [6.07, 6.45) is 1.79. The van der Waals surface area contributed by atoms with E-state index >= 15 is 0 Å². The van der Waals surface area contributed by atoms with Gasteiger partial charge in [0.2, 0.25) is 0 Å². The number of nitrogens with zero attached hydrogens (tertiary/aromatic N) is 2. The van der Waals surface area contributed by atoms with Gasteiger partial charge in [-0.3, -0.25) is 4.79 Å². The molecule has 0 aromatic rings. The number of carbonyl (C=O) groups excluding carboxylic acids is 1. The van der Waals surface area contributed by atoms with Crippen molar-refractivity contribution in [2.24, 2.45) is 0 Å². The zero-order valence-corrected chi connectivity index (χ0v) is 6.13. The third-order valence-corrected chi connectivity index (χ3v) is 0.842. The molecule has 0 atom stereocenters. The Morgan fingerprint density at radius 2 is 2.40 bits per heavy atom. The number of hydrogen-bond acceptors (Lipinski definition) is 4. The van der Waals surface area contributed by atoms with Gasteiger partial charge in [0.25, 0.3) is 0 Å². The lowest BCUT2D eigenvalue weighted by molar-refractivity contribution is -0.143. The van der Waals surface area contributed by atoms with Crippen molar-refractivity contribution in [2.75, 3.05) is 20.2 Å². The van der Waals surface area contributed by atoms with Gasteiger partial charge in [-0.15, -0.1) is 0 Å². The average Bonchev–Trinajstić information content (AvgIpc) is 1.88. The number of rotatable bonds is 3. The molecule has 0 aromatic carbocycles. The van der Waals surface area contributed by atoms with E-state index in [9.17, 15) is 4.79 Å². The van der Waals surface area contributed by atoms with Crippen LogP contribution in [0.15, 0.2) is 0 Å². The molecule has 0 saturated heterocycles. The van der Waals surface area contributed by atoms with Gasteiger partial charge < -0.3 is 9.64 Å². The fourth-order valence-corrected chi connectivity index (χ4v) is 0.436. The first-order valence-corrected chi connectivity index (χ1v) is 2.97. The van der Waals surface area contributed by atoms with Crippen LogP contribution < -0.4 is 0 Å². The van der Waals surface area contributed by atoms with Gasteiger partial charge in [-0.05, 0) is 6.92 Å². The average molecular weight is 142 g/mol. The molecule has 0 fully saturated rings. The summed E-state index contributed by atoms with van der Waals surface area (Å²) in [5, 5.41) is 8.22. The molecule has 0 aromatic heterocycles. The molecule has 0 radical (unpaired) electrons. The molecule has 0 amide bonds. The molecule has 0 heterocycles. The second-order valence-electron chi connectivity index (χ2n) is 1.76. The Morgan fingerprint density at radius 3 is 2.80 bits per heavy atom. The van der Waals surface area contributed by atoms with Gasteiger partial charge in [-0.25, -0.2) is 0 Å². The van der Waals surface area contributed by atoms with Crippen LogP contribution in [0.1, 0.15) is 6.92 Å². The van der Waals surface area contributed by atoms with Gasteiger partial charge in [-0.2, -0.15) is 5.26 Å². The Morgan fingerprint density at radius 1 is 1.80 bits per heavy atom. The van der Waals surface area contributed by atoms with E-state index in [1.165, 1.54) is 11.9 Å². The number of hydrogen-bond donors (Lipinski definition) is 0. The van der Waals surface area contributed by atoms with Crippen molar-refractivity contribution in [3.8, 4) is 6.19 Å². The van der Waals surface area contributed by atoms with Crippen LogP contribution in [0.2, 0.25) is 0 Å². The molecule has 0 aliphatic carbocycles. The van der Waals surface area contributed by atoms with Crippen molar-refractivity contribution in [1.29, 1.82) is 5.26 Å². The fraction of sp³-hybridized carbons (Fsp3) is 0.667. The first-order valence-electron chi connectivity index (χ1n) is 2.97. The molecule has 0 spiro atoms. The minimum Gasteiger partial charge on any atom is -0.465 e. The van der Waals surface area contributed by atoms with Crippen LogP contribution in [0.4, 0.5) is 0 Å². The lowest BCUT2D eigenvalue weighted by atomic mass is 10.6. The second kappa shape index (κ2) is 4.62. The van der Waals surface area contributed by atoms with Crippen molar-refractivity contribution < 1.29 is 9.53 Å². The molecule has 10 heavy (non-hydrogen) atoms. The highest BCUT2D eigenvalue weighted by molar-refractivity contribution is 5.71. The molecule has 4 nitrogen and oxygen atoms in total. The lowest BCUT2D eigenvalue weighted by Gasteiger charge is -2.06. The van der Waals surface area contributed by atoms with E-state index < -0.39 is 0 Å². The monoisotopic (exact) mass is 142 g/mol. The van der Waals surface area contributed by atoms with E-state index in [-0.39, 0.29) is 12.5 Å². The second-order valence-corrected chi connectivity index (χ2v) is 1.76. The Labute approximate surface area is 60.0 Å². The molecule has 0 aliphatic heterocycles. The summed E-state index contributed by atoms with van der Waals surface area (Å²) < 4.78 is 4.58. The van der Waals surface area contributed by atoms with E-state index in [1.807, 2.05) is 0 Å². The number of esters is 1. The molecule has 0 aliphatic rings. The third-order valence-electron chi connectivity index (χ3n) is 0.842. The molecular formula is C6H10N2O2. The zero-order valence-electron chi connectivity index (χ0n) is 6.13. The topological polar surface area (TPSA) is 53.3 Å². The van der Waals surface area contributed by atoms with Crippen molar-refractivity contribution in [1.82, 2.24) is 4.90 Å². The molecule has 4 heteroatoms. The van der Waals surface area contributed by atoms with Gasteiger partial charge >= 0.3 is 5.97 Å². The van der Waals surface area contributed by atoms with Gasteiger partial charge in [0, 0.05) is 7.05 Å². The van der Waals surface area contributed by atoms with Crippen LogP contribution in [0.3, 0.4) is 0 Å². The number of likely N-dealkylation sites (N-methyl/N-ethyl adjacent to an activating group) is 1. The molecule has 0 N–H and O–H groups in total. The number of nitriles is 1. The predicted molar refractivity (Wildman–Crippen MR) is 34.9 cm³/mol. The summed E-state index contributed by atoms with van der Waals surface area (Å²) >= 11 is 0. The highest BCUT2D eigenvalue weighted by atomic mass is 16.5. The zero-order chi connectivity index (χ0) is 7.98. The molecule has 0 rings (SSSR count). The summed E-state index contributed by atoms with van der Waals surface area (Å²) in [6, 6.07) is 0. The van der Waals surface area contributed by atoms with Gasteiger partial charge in [0.15, 0.2) is 6.19 Å². The fourth-order valence-electron chi connectivity index (χ4n) is 0.436. The Hall–Kier alpha value is -1.24. The maximum atomic E-state index is 10.6. The summed E-state index contributed by atoms with van der Waals surface area (Å²) in [5.74, 6) is -0.369. The van der Waals surface area contributed by atoms with E-state index in [4.69, 9.17) is 5.26 Å². The quantitative estimate of drug-likeness (QED) is 0.315. The SMILES string of the molecule is CCOC(=O)CN(C)C#N. The molecule has 0 bridgehead atoms. The highest BCUT2D eigenvalue weighted by Gasteiger charge is 2.03. The van der Waals surface area contributed by atoms with E-state index in [1.54, 1.807) is 13.1 Å². The van der Waals surface area contributed by atoms with Crippen LogP contribution in [0, 0.1) is 11.5 Å². The van der Waals surface area contributed by atoms with Crippen molar-refractivity contribution in [2.45, 2.75) is 6.92 Å². The Balaban J connectivity index is 3.49. The molecular weight excluding hydrogens is 132 g/mol. The first-order chi connectivity index (χ1) is 4.70. The van der Waals surface area contributed by atoms with Crippen LogP contribution in [-0.2, 0) is 9.53 Å². The molecule has 0 unspecified atom stereocenters. The van der Waals surface area contributed by atoms with Gasteiger partial charge in [0.05, 0.1) is 6.61 Å². The first kappa shape index (κ1) is 8.76. The minimum absolute atomic E-state index is 0.0321. The van der Waals surface area contributed by atoms with Crippen molar-refractivity contribution in [3.05, 3.63) is 0 Å². The minimum atomic E-state index is -0.369. The third kappa shape index (κ3) is 3.72. The maximum Gasteiger partial charge on any atom is 0.326 e. The Bertz CT molecular complexity index is 150. The standard InChI is InChI=1S/C6H10N2O2/c1-3-10-6(9)4-8(2)5-7/h3-4H2,1-2H3. The highest BCUT2D eigenvalue weighted by Crippen LogP contribution is 1.81. The van der Waals surface area contributed by atoms with E-state index in [0.717, 1.165) is 0 Å². The van der Waals surface area contributed by atoms with Gasteiger partial charge in [-0.1, -0.05) is 0 Å². The van der Waals surface area contributed by atoms with E-state index in [0.29, 0.717) is 6.61 Å². The smallest absolute Gasteiger partial charge is 0.326 e. The largest absolute Gasteiger partial charge is 0.465 e. The van der Waals surface area contributed by atoms with Crippen LogP contribution in [-0.4, -0.2) is 31.1 Å². The summed E-state index contributed by atoms with van der Waals surface area (Å²) in [6.45, 7) is 2.12. The number of carbonyl (C=O) groups is 1. The molecule has 0 saturated carbocycles. The lowest BCUT2D eigenvalue weighted by Crippen LogP contribution is -2.22. The van der Waals surface area contributed by atoms with Crippen LogP contribution in [0.5, 0.6) is 0 Å². The van der Waals surface area contributed by atoms with Crippen LogP contribution in [0.25, 0.3) is 0 Å². The number of ether oxygens (including phenoxy) is 1.